The van der Waals surface area contributed by atoms with E-state index in [0.717, 1.165) is 46.9 Å². The Morgan fingerprint density at radius 2 is 1.85 bits per heavy atom. The molecule has 5 nitrogen and oxygen atoms in total. The zero-order chi connectivity index (χ0) is 18.8. The highest BCUT2D eigenvalue weighted by molar-refractivity contribution is 7.98. The van der Waals surface area contributed by atoms with Crippen LogP contribution in [0.1, 0.15) is 12.5 Å². The summed E-state index contributed by atoms with van der Waals surface area (Å²) in [5.74, 6) is 2.51. The predicted molar refractivity (Wildman–Crippen MR) is 111 cm³/mol. The molecular formula is C19H18Cl2N4OS. The lowest BCUT2D eigenvalue weighted by Crippen LogP contribution is -2.14. The summed E-state index contributed by atoms with van der Waals surface area (Å²) in [4.78, 5) is 2.17. The molecule has 1 aliphatic heterocycles. The van der Waals surface area contributed by atoms with Gasteiger partial charge in [0.2, 0.25) is 5.95 Å². The van der Waals surface area contributed by atoms with Crippen LogP contribution < -0.4 is 9.64 Å². The molecule has 0 saturated heterocycles. The zero-order valence-corrected chi connectivity index (χ0v) is 17.1. The maximum atomic E-state index is 6.10. The number of ether oxygens (including phenoxy) is 1. The molecule has 0 unspecified atom stereocenters. The molecule has 1 aromatic heterocycles. The molecule has 2 heterocycles. The summed E-state index contributed by atoms with van der Waals surface area (Å²) in [5.41, 5.74) is 2.19. The van der Waals surface area contributed by atoms with Crippen LogP contribution in [0.15, 0.2) is 47.6 Å². The normalized spacial score (nSPS) is 13.1. The lowest BCUT2D eigenvalue weighted by molar-refractivity contribution is 0.340. The standard InChI is InChI=1S/C19H18Cl2N4OS/c1-2-26-15-6-4-14(5-7-15)24-9-10-25-18(24)22-23-19(25)27-12-13-3-8-16(20)17(21)11-13/h3-8,11H,2,9-10,12H2,1H3. The molecule has 0 fully saturated rings. The van der Waals surface area contributed by atoms with Gasteiger partial charge in [-0.25, -0.2) is 0 Å². The molecule has 0 N–H and O–H groups in total. The fraction of sp³-hybridized carbons (Fsp3) is 0.263. The van der Waals surface area contributed by atoms with Crippen LogP contribution in [-0.2, 0) is 12.3 Å². The molecule has 0 bridgehead atoms. The van der Waals surface area contributed by atoms with Gasteiger partial charge < -0.3 is 9.64 Å². The molecular weight excluding hydrogens is 403 g/mol. The molecule has 0 radical (unpaired) electrons. The Morgan fingerprint density at radius 1 is 1.04 bits per heavy atom. The van der Waals surface area contributed by atoms with Gasteiger partial charge in [-0.15, -0.1) is 10.2 Å². The van der Waals surface area contributed by atoms with Gasteiger partial charge in [-0.3, -0.25) is 4.57 Å². The molecule has 4 rings (SSSR count). The second-order valence-corrected chi connectivity index (χ2v) is 7.81. The molecule has 8 heteroatoms. The van der Waals surface area contributed by atoms with Crippen LogP contribution in [0.4, 0.5) is 11.6 Å². The third-order valence-electron chi connectivity index (χ3n) is 4.30. The first-order chi connectivity index (χ1) is 13.2. The summed E-state index contributed by atoms with van der Waals surface area (Å²) in [5, 5.41) is 10.8. The summed E-state index contributed by atoms with van der Waals surface area (Å²) < 4.78 is 7.67. The number of aromatic nitrogens is 3. The molecule has 2 aromatic carbocycles. The first kappa shape index (κ1) is 18.5. The average molecular weight is 421 g/mol. The molecule has 3 aromatic rings. The second kappa shape index (κ2) is 8.00. The van der Waals surface area contributed by atoms with Gasteiger partial charge in [-0.2, -0.15) is 0 Å². The summed E-state index contributed by atoms with van der Waals surface area (Å²) in [6.07, 6.45) is 0. The van der Waals surface area contributed by atoms with Crippen molar-refractivity contribution in [2.24, 2.45) is 0 Å². The van der Waals surface area contributed by atoms with Crippen molar-refractivity contribution in [2.45, 2.75) is 24.4 Å². The van der Waals surface area contributed by atoms with Crippen molar-refractivity contribution in [3.05, 3.63) is 58.1 Å². The second-order valence-electron chi connectivity index (χ2n) is 6.05. The topological polar surface area (TPSA) is 43.2 Å². The van der Waals surface area contributed by atoms with Crippen LogP contribution >= 0.6 is 35.0 Å². The average Bonchev–Trinajstić information content (AvgIpc) is 3.26. The summed E-state index contributed by atoms with van der Waals surface area (Å²) >= 11 is 13.7. The number of hydrogen-bond donors (Lipinski definition) is 0. The van der Waals surface area contributed by atoms with Crippen LogP contribution in [0, 0.1) is 0 Å². The molecule has 27 heavy (non-hydrogen) atoms. The number of benzene rings is 2. The highest BCUT2D eigenvalue weighted by Gasteiger charge is 2.26. The van der Waals surface area contributed by atoms with Crippen LogP contribution in [-0.4, -0.2) is 27.9 Å². The van der Waals surface area contributed by atoms with E-state index in [9.17, 15) is 0 Å². The fourth-order valence-electron chi connectivity index (χ4n) is 2.99. The van der Waals surface area contributed by atoms with Crippen LogP contribution in [0.2, 0.25) is 10.0 Å². The molecule has 0 spiro atoms. The number of thioether (sulfide) groups is 1. The quantitative estimate of drug-likeness (QED) is 0.497. The highest BCUT2D eigenvalue weighted by Crippen LogP contribution is 2.34. The van der Waals surface area contributed by atoms with Gasteiger partial charge >= 0.3 is 0 Å². The number of rotatable bonds is 6. The minimum absolute atomic E-state index is 0.569. The minimum Gasteiger partial charge on any atom is -0.494 e. The van der Waals surface area contributed by atoms with E-state index in [0.29, 0.717) is 16.7 Å². The van der Waals surface area contributed by atoms with Crippen LogP contribution in [0.5, 0.6) is 5.75 Å². The molecule has 0 atom stereocenters. The number of nitrogens with zero attached hydrogens (tertiary/aromatic N) is 4. The number of anilines is 2. The lowest BCUT2D eigenvalue weighted by atomic mass is 10.2. The smallest absolute Gasteiger partial charge is 0.232 e. The third-order valence-corrected chi connectivity index (χ3v) is 6.07. The highest BCUT2D eigenvalue weighted by atomic mass is 35.5. The Bertz CT molecular complexity index is 945. The van der Waals surface area contributed by atoms with Crippen molar-refractivity contribution in [3.63, 3.8) is 0 Å². The van der Waals surface area contributed by atoms with Crippen molar-refractivity contribution in [1.29, 1.82) is 0 Å². The summed E-state index contributed by atoms with van der Waals surface area (Å²) in [6.45, 7) is 4.38. The van der Waals surface area contributed by atoms with E-state index in [-0.39, 0.29) is 0 Å². The van der Waals surface area contributed by atoms with E-state index in [1.165, 1.54) is 0 Å². The molecule has 140 valence electrons. The van der Waals surface area contributed by atoms with Crippen LogP contribution in [0.3, 0.4) is 0 Å². The molecule has 0 amide bonds. The third kappa shape index (κ3) is 3.88. The summed E-state index contributed by atoms with van der Waals surface area (Å²) in [7, 11) is 0. The van der Waals surface area contributed by atoms with Crippen molar-refractivity contribution in [2.75, 3.05) is 18.1 Å². The van der Waals surface area contributed by atoms with Crippen molar-refractivity contribution < 1.29 is 4.74 Å². The van der Waals surface area contributed by atoms with Crippen molar-refractivity contribution >= 4 is 46.6 Å². The Hall–Kier alpha value is -1.89. The van der Waals surface area contributed by atoms with E-state index in [4.69, 9.17) is 27.9 Å². The van der Waals surface area contributed by atoms with Crippen molar-refractivity contribution in [1.82, 2.24) is 14.8 Å². The monoisotopic (exact) mass is 420 g/mol. The molecule has 0 aliphatic carbocycles. The Kier molecular flexibility index (Phi) is 5.48. The van der Waals surface area contributed by atoms with Crippen LogP contribution in [0.25, 0.3) is 0 Å². The zero-order valence-electron chi connectivity index (χ0n) is 14.7. The Morgan fingerprint density at radius 3 is 2.59 bits per heavy atom. The van der Waals surface area contributed by atoms with Gasteiger partial charge in [-0.1, -0.05) is 41.0 Å². The SMILES string of the molecule is CCOc1ccc(N2CCn3c(SCc4ccc(Cl)c(Cl)c4)nnc32)cc1. The van der Waals surface area contributed by atoms with Gasteiger partial charge in [0.15, 0.2) is 5.16 Å². The fourth-order valence-corrected chi connectivity index (χ4v) is 4.22. The Labute approximate surface area is 172 Å². The summed E-state index contributed by atoms with van der Waals surface area (Å²) in [6, 6.07) is 13.8. The Balaban J connectivity index is 1.48. The van der Waals surface area contributed by atoms with E-state index >= 15 is 0 Å². The van der Waals surface area contributed by atoms with Gasteiger partial charge in [0.1, 0.15) is 5.75 Å². The van der Waals surface area contributed by atoms with Gasteiger partial charge in [0.25, 0.3) is 0 Å². The van der Waals surface area contributed by atoms with Gasteiger partial charge in [0.05, 0.1) is 16.7 Å². The van der Waals surface area contributed by atoms with Gasteiger partial charge in [0, 0.05) is 24.5 Å². The first-order valence-electron chi connectivity index (χ1n) is 8.66. The number of halogens is 2. The van der Waals surface area contributed by atoms with E-state index in [1.54, 1.807) is 11.8 Å². The minimum atomic E-state index is 0.569. The number of fused-ring (bicyclic) bond motifs is 1. The van der Waals surface area contributed by atoms with Gasteiger partial charge in [-0.05, 0) is 48.9 Å². The van der Waals surface area contributed by atoms with Crippen molar-refractivity contribution in [3.8, 4) is 5.75 Å². The molecule has 0 saturated carbocycles. The lowest BCUT2D eigenvalue weighted by Gasteiger charge is -2.15. The largest absolute Gasteiger partial charge is 0.494 e. The number of hydrogen-bond acceptors (Lipinski definition) is 5. The predicted octanol–water partition coefficient (Wildman–Crippen LogP) is 5.43. The van der Waals surface area contributed by atoms with E-state index < -0.39 is 0 Å². The molecule has 1 aliphatic rings. The van der Waals surface area contributed by atoms with E-state index in [1.807, 2.05) is 37.3 Å². The maximum Gasteiger partial charge on any atom is 0.232 e. The maximum absolute atomic E-state index is 6.10. The van der Waals surface area contributed by atoms with E-state index in [2.05, 4.69) is 31.8 Å². The first-order valence-corrected chi connectivity index (χ1v) is 10.4.